The number of methoxy groups -OCH3 is 1. The van der Waals surface area contributed by atoms with Crippen molar-refractivity contribution in [3.8, 4) is 5.75 Å². The van der Waals surface area contributed by atoms with Crippen molar-refractivity contribution in [1.29, 1.82) is 0 Å². The highest BCUT2D eigenvalue weighted by Gasteiger charge is 2.03. The lowest BCUT2D eigenvalue weighted by molar-refractivity contribution is -0.129. The summed E-state index contributed by atoms with van der Waals surface area (Å²) >= 11 is 0. The van der Waals surface area contributed by atoms with E-state index in [1.165, 1.54) is 0 Å². The summed E-state index contributed by atoms with van der Waals surface area (Å²) in [4.78, 5) is 22.3. The van der Waals surface area contributed by atoms with Crippen molar-refractivity contribution in [2.24, 2.45) is 0 Å². The summed E-state index contributed by atoms with van der Waals surface area (Å²) in [5.74, 6) is 0.302. The lowest BCUT2D eigenvalue weighted by atomic mass is 10.1. The Kier molecular flexibility index (Phi) is 7.13. The van der Waals surface area contributed by atoms with Gasteiger partial charge in [-0.1, -0.05) is 12.1 Å². The van der Waals surface area contributed by atoms with Gasteiger partial charge >= 0.3 is 0 Å². The lowest BCUT2D eigenvalue weighted by Crippen LogP contribution is -2.22. The van der Waals surface area contributed by atoms with E-state index in [2.05, 4.69) is 5.32 Å². The number of carbonyl (C=O) groups excluding carboxylic acids is 2. The van der Waals surface area contributed by atoms with Crippen molar-refractivity contribution >= 4 is 11.8 Å². The molecule has 1 aromatic rings. The SMILES string of the molecule is COc1ccc(CNC(=O)CCCCC(=O)NO)cc1. The normalized spacial score (nSPS) is 9.90. The summed E-state index contributed by atoms with van der Waals surface area (Å²) < 4.78 is 5.05. The van der Waals surface area contributed by atoms with Gasteiger partial charge < -0.3 is 10.1 Å². The molecule has 0 bridgehead atoms. The minimum Gasteiger partial charge on any atom is -0.497 e. The zero-order valence-electron chi connectivity index (χ0n) is 11.5. The molecule has 0 fully saturated rings. The van der Waals surface area contributed by atoms with E-state index < -0.39 is 5.91 Å². The highest BCUT2D eigenvalue weighted by molar-refractivity contribution is 5.76. The molecule has 0 radical (unpaired) electrons. The summed E-state index contributed by atoms with van der Waals surface area (Å²) in [5.41, 5.74) is 2.56. The van der Waals surface area contributed by atoms with Gasteiger partial charge in [-0.15, -0.1) is 0 Å². The highest BCUT2D eigenvalue weighted by atomic mass is 16.5. The molecule has 0 saturated heterocycles. The number of hydrogen-bond acceptors (Lipinski definition) is 4. The first-order valence-electron chi connectivity index (χ1n) is 6.48. The number of benzene rings is 1. The maximum Gasteiger partial charge on any atom is 0.243 e. The van der Waals surface area contributed by atoms with Gasteiger partial charge in [0.2, 0.25) is 11.8 Å². The van der Waals surface area contributed by atoms with Crippen molar-refractivity contribution in [2.45, 2.75) is 32.2 Å². The second-order valence-corrected chi connectivity index (χ2v) is 4.37. The molecule has 6 nitrogen and oxygen atoms in total. The average Bonchev–Trinajstić information content (AvgIpc) is 2.49. The molecule has 0 aliphatic carbocycles. The van der Waals surface area contributed by atoms with E-state index in [0.29, 0.717) is 25.8 Å². The van der Waals surface area contributed by atoms with Gasteiger partial charge in [0.25, 0.3) is 0 Å². The Morgan fingerprint density at radius 1 is 1.10 bits per heavy atom. The Morgan fingerprint density at radius 2 is 1.70 bits per heavy atom. The Labute approximate surface area is 118 Å². The molecular formula is C14H20N2O4. The molecule has 0 aliphatic rings. The van der Waals surface area contributed by atoms with Crippen molar-refractivity contribution in [3.63, 3.8) is 0 Å². The molecule has 0 spiro atoms. The lowest BCUT2D eigenvalue weighted by Gasteiger charge is -2.06. The van der Waals surface area contributed by atoms with Gasteiger partial charge in [0.05, 0.1) is 7.11 Å². The third-order valence-corrected chi connectivity index (χ3v) is 2.83. The molecule has 2 amide bonds. The first-order chi connectivity index (χ1) is 9.65. The Morgan fingerprint density at radius 3 is 2.25 bits per heavy atom. The molecule has 110 valence electrons. The van der Waals surface area contributed by atoms with Crippen molar-refractivity contribution in [1.82, 2.24) is 10.8 Å². The monoisotopic (exact) mass is 280 g/mol. The van der Waals surface area contributed by atoms with E-state index in [0.717, 1.165) is 11.3 Å². The molecule has 0 heterocycles. The van der Waals surface area contributed by atoms with E-state index in [9.17, 15) is 9.59 Å². The summed E-state index contributed by atoms with van der Waals surface area (Å²) in [6.45, 7) is 0.472. The smallest absolute Gasteiger partial charge is 0.243 e. The minimum atomic E-state index is -0.427. The van der Waals surface area contributed by atoms with Crippen LogP contribution in [0.15, 0.2) is 24.3 Å². The number of unbranched alkanes of at least 4 members (excludes halogenated alkanes) is 1. The summed E-state index contributed by atoms with van der Waals surface area (Å²) in [6, 6.07) is 7.47. The number of rotatable bonds is 8. The van der Waals surface area contributed by atoms with Gasteiger partial charge in [0.1, 0.15) is 5.75 Å². The van der Waals surface area contributed by atoms with E-state index in [1.807, 2.05) is 24.3 Å². The van der Waals surface area contributed by atoms with Crippen LogP contribution >= 0.6 is 0 Å². The van der Waals surface area contributed by atoms with Crippen LogP contribution in [0.2, 0.25) is 0 Å². The molecule has 0 aromatic heterocycles. The van der Waals surface area contributed by atoms with Crippen molar-refractivity contribution in [2.75, 3.05) is 7.11 Å². The van der Waals surface area contributed by atoms with Crippen LogP contribution in [0.5, 0.6) is 5.75 Å². The van der Waals surface area contributed by atoms with E-state index in [1.54, 1.807) is 12.6 Å². The molecule has 1 rings (SSSR count). The molecule has 0 atom stereocenters. The van der Waals surface area contributed by atoms with Crippen molar-refractivity contribution < 1.29 is 19.5 Å². The number of hydrogen-bond donors (Lipinski definition) is 3. The molecule has 20 heavy (non-hydrogen) atoms. The zero-order valence-corrected chi connectivity index (χ0v) is 11.5. The Hall–Kier alpha value is -2.08. The summed E-state index contributed by atoms with van der Waals surface area (Å²) in [5, 5.41) is 11.1. The predicted molar refractivity (Wildman–Crippen MR) is 73.2 cm³/mol. The second kappa shape index (κ2) is 8.92. The molecular weight excluding hydrogens is 260 g/mol. The first-order valence-corrected chi connectivity index (χ1v) is 6.48. The molecule has 3 N–H and O–H groups in total. The minimum absolute atomic E-state index is 0.0507. The fourth-order valence-electron chi connectivity index (χ4n) is 1.66. The number of carbonyl (C=O) groups is 2. The van der Waals surface area contributed by atoms with Gasteiger partial charge in [-0.25, -0.2) is 5.48 Å². The maximum atomic E-state index is 11.6. The van der Waals surface area contributed by atoms with Crippen LogP contribution in [-0.4, -0.2) is 24.1 Å². The number of hydroxylamine groups is 1. The van der Waals surface area contributed by atoms with Crippen LogP contribution < -0.4 is 15.5 Å². The molecule has 1 aromatic carbocycles. The van der Waals surface area contributed by atoms with Crippen molar-refractivity contribution in [3.05, 3.63) is 29.8 Å². The van der Waals surface area contributed by atoms with E-state index in [-0.39, 0.29) is 12.3 Å². The largest absolute Gasteiger partial charge is 0.497 e. The van der Waals surface area contributed by atoms with Gasteiger partial charge in [-0.2, -0.15) is 0 Å². The molecule has 6 heteroatoms. The van der Waals surface area contributed by atoms with Crippen LogP contribution in [0.3, 0.4) is 0 Å². The standard InChI is InChI=1S/C14H20N2O4/c1-20-12-8-6-11(7-9-12)10-15-13(17)4-2-3-5-14(18)16-19/h6-9,19H,2-5,10H2,1H3,(H,15,17)(H,16,18). The maximum absolute atomic E-state index is 11.6. The summed E-state index contributed by atoms with van der Waals surface area (Å²) in [7, 11) is 1.60. The Balaban J connectivity index is 2.17. The number of amides is 2. The number of nitrogens with one attached hydrogen (secondary N) is 2. The highest BCUT2D eigenvalue weighted by Crippen LogP contribution is 2.11. The van der Waals surface area contributed by atoms with Gasteiger partial charge in [-0.3, -0.25) is 14.8 Å². The third kappa shape index (κ3) is 6.19. The fraction of sp³-hybridized carbons (Fsp3) is 0.429. The van der Waals surface area contributed by atoms with E-state index in [4.69, 9.17) is 9.94 Å². The second-order valence-electron chi connectivity index (χ2n) is 4.37. The fourth-order valence-corrected chi connectivity index (χ4v) is 1.66. The quantitative estimate of drug-likeness (QED) is 0.381. The average molecular weight is 280 g/mol. The van der Waals surface area contributed by atoms with Crippen LogP contribution in [-0.2, 0) is 16.1 Å². The van der Waals surface area contributed by atoms with Crippen LogP contribution in [0.25, 0.3) is 0 Å². The first kappa shape index (κ1) is 16.0. The Bertz CT molecular complexity index is 431. The third-order valence-electron chi connectivity index (χ3n) is 2.83. The van der Waals surface area contributed by atoms with Gasteiger partial charge in [0.15, 0.2) is 0 Å². The predicted octanol–water partition coefficient (Wildman–Crippen LogP) is 1.38. The number of ether oxygens (including phenoxy) is 1. The molecule has 0 unspecified atom stereocenters. The van der Waals surface area contributed by atoms with Crippen LogP contribution in [0.4, 0.5) is 0 Å². The zero-order chi connectivity index (χ0) is 14.8. The molecule has 0 aliphatic heterocycles. The van der Waals surface area contributed by atoms with Gasteiger partial charge in [-0.05, 0) is 30.5 Å². The van der Waals surface area contributed by atoms with Gasteiger partial charge in [0, 0.05) is 19.4 Å². The van der Waals surface area contributed by atoms with Crippen LogP contribution in [0.1, 0.15) is 31.2 Å². The topological polar surface area (TPSA) is 87.7 Å². The van der Waals surface area contributed by atoms with E-state index >= 15 is 0 Å². The molecule has 0 saturated carbocycles. The summed E-state index contributed by atoms with van der Waals surface area (Å²) in [6.07, 6.45) is 1.78. The van der Waals surface area contributed by atoms with Crippen LogP contribution in [0, 0.1) is 0 Å².